The first kappa shape index (κ1) is 13.0. The van der Waals surface area contributed by atoms with Gasteiger partial charge in [0.25, 0.3) is 0 Å². The fourth-order valence-electron chi connectivity index (χ4n) is 2.03. The SMILES string of the molecule is C#Cc1cccc(NC(CC)c2ccc(O)cc2)c1. The second-order valence-corrected chi connectivity index (χ2v) is 4.42. The van der Waals surface area contributed by atoms with Gasteiger partial charge in [0, 0.05) is 11.3 Å². The molecule has 0 saturated heterocycles. The van der Waals surface area contributed by atoms with E-state index in [9.17, 15) is 5.11 Å². The molecule has 1 unspecified atom stereocenters. The zero-order valence-electron chi connectivity index (χ0n) is 10.9. The first-order valence-corrected chi connectivity index (χ1v) is 6.35. The molecule has 0 amide bonds. The standard InChI is InChI=1S/C17H17NO/c1-3-13-6-5-7-15(12-13)18-17(4-2)14-8-10-16(19)11-9-14/h1,5-12,17-19H,4H2,2H3. The molecule has 0 aliphatic heterocycles. The van der Waals surface area contributed by atoms with Gasteiger partial charge in [-0.15, -0.1) is 6.42 Å². The third kappa shape index (κ3) is 3.29. The van der Waals surface area contributed by atoms with Gasteiger partial charge in [-0.2, -0.15) is 0 Å². The topological polar surface area (TPSA) is 32.3 Å². The van der Waals surface area contributed by atoms with Crippen LogP contribution in [0.5, 0.6) is 5.75 Å². The van der Waals surface area contributed by atoms with Crippen LogP contribution in [0.15, 0.2) is 48.5 Å². The van der Waals surface area contributed by atoms with Gasteiger partial charge in [0.05, 0.1) is 6.04 Å². The summed E-state index contributed by atoms with van der Waals surface area (Å²) in [5.74, 6) is 2.92. The normalized spacial score (nSPS) is 11.6. The van der Waals surface area contributed by atoms with E-state index in [1.165, 1.54) is 0 Å². The maximum Gasteiger partial charge on any atom is 0.115 e. The van der Waals surface area contributed by atoms with Crippen LogP contribution in [-0.2, 0) is 0 Å². The van der Waals surface area contributed by atoms with Crippen LogP contribution in [0.2, 0.25) is 0 Å². The molecule has 0 radical (unpaired) electrons. The Hall–Kier alpha value is -2.40. The van der Waals surface area contributed by atoms with Gasteiger partial charge in [0.15, 0.2) is 0 Å². The quantitative estimate of drug-likeness (QED) is 0.807. The molecule has 0 fully saturated rings. The summed E-state index contributed by atoms with van der Waals surface area (Å²) in [6, 6.07) is 15.3. The summed E-state index contributed by atoms with van der Waals surface area (Å²) in [5.41, 5.74) is 3.02. The van der Waals surface area contributed by atoms with Crippen LogP contribution in [0, 0.1) is 12.3 Å². The number of aromatic hydroxyl groups is 1. The Morgan fingerprint density at radius 3 is 2.58 bits per heavy atom. The molecule has 0 aliphatic rings. The van der Waals surface area contributed by atoms with Crippen LogP contribution in [-0.4, -0.2) is 5.11 Å². The van der Waals surface area contributed by atoms with E-state index >= 15 is 0 Å². The summed E-state index contributed by atoms with van der Waals surface area (Å²) in [4.78, 5) is 0. The number of hydrogen-bond donors (Lipinski definition) is 2. The molecule has 2 rings (SSSR count). The summed E-state index contributed by atoms with van der Waals surface area (Å²) in [6.07, 6.45) is 6.35. The van der Waals surface area contributed by atoms with Crippen molar-refractivity contribution in [1.82, 2.24) is 0 Å². The predicted molar refractivity (Wildman–Crippen MR) is 79.1 cm³/mol. The minimum Gasteiger partial charge on any atom is -0.508 e. The Labute approximate surface area is 114 Å². The van der Waals surface area contributed by atoms with E-state index < -0.39 is 0 Å². The molecular formula is C17H17NO. The highest BCUT2D eigenvalue weighted by Gasteiger charge is 2.09. The molecule has 19 heavy (non-hydrogen) atoms. The van der Waals surface area contributed by atoms with Gasteiger partial charge in [-0.05, 0) is 42.3 Å². The molecule has 2 N–H and O–H groups in total. The smallest absolute Gasteiger partial charge is 0.115 e. The van der Waals surface area contributed by atoms with Crippen molar-refractivity contribution in [3.63, 3.8) is 0 Å². The van der Waals surface area contributed by atoms with Gasteiger partial charge in [-0.1, -0.05) is 31.0 Å². The van der Waals surface area contributed by atoms with Crippen molar-refractivity contribution < 1.29 is 5.11 Å². The van der Waals surface area contributed by atoms with Crippen molar-refractivity contribution >= 4 is 5.69 Å². The minimum absolute atomic E-state index is 0.202. The largest absolute Gasteiger partial charge is 0.508 e. The lowest BCUT2D eigenvalue weighted by Gasteiger charge is -2.19. The van der Waals surface area contributed by atoms with Crippen LogP contribution in [0.25, 0.3) is 0 Å². The van der Waals surface area contributed by atoms with Crippen LogP contribution < -0.4 is 5.32 Å². The Kier molecular flexibility index (Phi) is 4.10. The Bertz CT molecular complexity index is 581. The third-order valence-corrected chi connectivity index (χ3v) is 3.07. The van der Waals surface area contributed by atoms with Gasteiger partial charge >= 0.3 is 0 Å². The van der Waals surface area contributed by atoms with E-state index in [1.807, 2.05) is 36.4 Å². The maximum absolute atomic E-state index is 9.33. The predicted octanol–water partition coefficient (Wildman–Crippen LogP) is 3.94. The van der Waals surface area contributed by atoms with Crippen molar-refractivity contribution in [3.05, 3.63) is 59.7 Å². The lowest BCUT2D eigenvalue weighted by atomic mass is 10.0. The lowest BCUT2D eigenvalue weighted by molar-refractivity contribution is 0.475. The van der Waals surface area contributed by atoms with Crippen LogP contribution >= 0.6 is 0 Å². The molecule has 0 saturated carbocycles. The van der Waals surface area contributed by atoms with E-state index in [1.54, 1.807) is 12.1 Å². The molecule has 1 atom stereocenters. The zero-order valence-corrected chi connectivity index (χ0v) is 10.9. The average Bonchev–Trinajstić information content (AvgIpc) is 2.46. The number of anilines is 1. The van der Waals surface area contributed by atoms with Gasteiger partial charge in [0.2, 0.25) is 0 Å². The summed E-state index contributed by atoms with van der Waals surface area (Å²) in [7, 11) is 0. The Morgan fingerprint density at radius 2 is 1.95 bits per heavy atom. The number of phenols is 1. The fraction of sp³-hybridized carbons (Fsp3) is 0.176. The molecule has 2 nitrogen and oxygen atoms in total. The first-order chi connectivity index (χ1) is 9.22. The van der Waals surface area contributed by atoms with Gasteiger partial charge in [0.1, 0.15) is 5.75 Å². The van der Waals surface area contributed by atoms with E-state index in [2.05, 4.69) is 18.2 Å². The number of rotatable bonds is 4. The second-order valence-electron chi connectivity index (χ2n) is 4.42. The zero-order chi connectivity index (χ0) is 13.7. The van der Waals surface area contributed by atoms with E-state index in [4.69, 9.17) is 6.42 Å². The van der Waals surface area contributed by atoms with E-state index in [-0.39, 0.29) is 11.8 Å². The van der Waals surface area contributed by atoms with Crippen molar-refractivity contribution in [2.45, 2.75) is 19.4 Å². The third-order valence-electron chi connectivity index (χ3n) is 3.07. The van der Waals surface area contributed by atoms with Crippen LogP contribution in [0.3, 0.4) is 0 Å². The summed E-state index contributed by atoms with van der Waals surface area (Å²) in [6.45, 7) is 2.12. The molecule has 0 heterocycles. The Balaban J connectivity index is 2.19. The number of phenolic OH excluding ortho intramolecular Hbond substituents is 1. The lowest BCUT2D eigenvalue weighted by Crippen LogP contribution is -2.09. The Morgan fingerprint density at radius 1 is 1.21 bits per heavy atom. The minimum atomic E-state index is 0.202. The van der Waals surface area contributed by atoms with Gasteiger partial charge in [-0.25, -0.2) is 0 Å². The average molecular weight is 251 g/mol. The van der Waals surface area contributed by atoms with Crippen molar-refractivity contribution in [1.29, 1.82) is 0 Å². The van der Waals surface area contributed by atoms with Gasteiger partial charge in [-0.3, -0.25) is 0 Å². The summed E-state index contributed by atoms with van der Waals surface area (Å²) < 4.78 is 0. The number of benzene rings is 2. The highest BCUT2D eigenvalue weighted by atomic mass is 16.3. The molecule has 0 spiro atoms. The van der Waals surface area contributed by atoms with Crippen molar-refractivity contribution in [3.8, 4) is 18.1 Å². The molecule has 0 aliphatic carbocycles. The van der Waals surface area contributed by atoms with E-state index in [0.29, 0.717) is 0 Å². The van der Waals surface area contributed by atoms with E-state index in [0.717, 1.165) is 23.2 Å². The molecule has 96 valence electrons. The maximum atomic E-state index is 9.33. The second kappa shape index (κ2) is 5.97. The van der Waals surface area contributed by atoms with Crippen molar-refractivity contribution in [2.24, 2.45) is 0 Å². The monoisotopic (exact) mass is 251 g/mol. The first-order valence-electron chi connectivity index (χ1n) is 6.35. The summed E-state index contributed by atoms with van der Waals surface area (Å²) in [5, 5.41) is 12.8. The van der Waals surface area contributed by atoms with Gasteiger partial charge < -0.3 is 10.4 Å². The highest BCUT2D eigenvalue weighted by molar-refractivity contribution is 5.51. The molecule has 0 aromatic heterocycles. The highest BCUT2D eigenvalue weighted by Crippen LogP contribution is 2.24. The van der Waals surface area contributed by atoms with Crippen LogP contribution in [0.1, 0.15) is 30.5 Å². The molecule has 2 aromatic rings. The number of hydrogen-bond acceptors (Lipinski definition) is 2. The number of terminal acetylenes is 1. The fourth-order valence-corrected chi connectivity index (χ4v) is 2.03. The van der Waals surface area contributed by atoms with Crippen molar-refractivity contribution in [2.75, 3.05) is 5.32 Å². The molecular weight excluding hydrogens is 234 g/mol. The molecule has 2 heteroatoms. The van der Waals surface area contributed by atoms with Crippen LogP contribution in [0.4, 0.5) is 5.69 Å². The number of nitrogens with one attached hydrogen (secondary N) is 1. The molecule has 2 aromatic carbocycles. The summed E-state index contributed by atoms with van der Waals surface area (Å²) >= 11 is 0. The molecule has 0 bridgehead atoms.